The molecule has 0 spiro atoms. The highest BCUT2D eigenvalue weighted by molar-refractivity contribution is 7.80. The van der Waals surface area contributed by atoms with E-state index in [2.05, 4.69) is 10.5 Å². The largest absolute Gasteiger partial charge is 0.493 e. The molecule has 0 bridgehead atoms. The average Bonchev–Trinajstić information content (AvgIpc) is 2.41. The van der Waals surface area contributed by atoms with Gasteiger partial charge in [-0.1, -0.05) is 24.3 Å². The molecule has 0 unspecified atom stereocenters. The number of hydrogen-bond donors (Lipinski definition) is 2. The molecule has 0 atom stereocenters. The third kappa shape index (κ3) is 3.20. The van der Waals surface area contributed by atoms with Crippen LogP contribution in [-0.4, -0.2) is 17.9 Å². The molecule has 0 amide bonds. The topological polar surface area (TPSA) is 59.6 Å². The standard InChI is InChI=1S/C14H15N3OS/c1-2-18-13-8-7-10(9-16-17-14(15)19)11-5-3-4-6-12(11)13/h3-9H,2H2,1H3,(H3,15,17,19)/b16-9+. The van der Waals surface area contributed by atoms with Crippen molar-refractivity contribution in [3.8, 4) is 5.75 Å². The second kappa shape index (κ2) is 6.15. The van der Waals surface area contributed by atoms with Crippen molar-refractivity contribution in [3.05, 3.63) is 42.0 Å². The normalized spacial score (nSPS) is 10.8. The van der Waals surface area contributed by atoms with Gasteiger partial charge in [-0.05, 0) is 36.7 Å². The SMILES string of the molecule is CCOc1ccc(/C=N/NC(N)=S)c2ccccc12. The second-order valence-electron chi connectivity index (χ2n) is 3.87. The van der Waals surface area contributed by atoms with Crippen molar-refractivity contribution in [2.45, 2.75) is 6.92 Å². The summed E-state index contributed by atoms with van der Waals surface area (Å²) in [6.07, 6.45) is 1.69. The molecule has 3 N–H and O–H groups in total. The highest BCUT2D eigenvalue weighted by Gasteiger charge is 2.04. The summed E-state index contributed by atoms with van der Waals surface area (Å²) in [4.78, 5) is 0. The molecule has 5 heteroatoms. The Bertz CT molecular complexity index is 625. The highest BCUT2D eigenvalue weighted by Crippen LogP contribution is 2.27. The zero-order chi connectivity index (χ0) is 13.7. The maximum Gasteiger partial charge on any atom is 0.184 e. The zero-order valence-electron chi connectivity index (χ0n) is 10.6. The summed E-state index contributed by atoms with van der Waals surface area (Å²) >= 11 is 4.69. The Morgan fingerprint density at radius 3 is 2.74 bits per heavy atom. The lowest BCUT2D eigenvalue weighted by Crippen LogP contribution is -2.24. The van der Waals surface area contributed by atoms with E-state index in [-0.39, 0.29) is 5.11 Å². The van der Waals surface area contributed by atoms with Gasteiger partial charge in [0, 0.05) is 10.9 Å². The van der Waals surface area contributed by atoms with Crippen molar-refractivity contribution >= 4 is 34.3 Å². The Balaban J connectivity index is 2.43. The lowest BCUT2D eigenvalue weighted by atomic mass is 10.0. The number of fused-ring (bicyclic) bond motifs is 1. The smallest absolute Gasteiger partial charge is 0.184 e. The average molecular weight is 273 g/mol. The van der Waals surface area contributed by atoms with Crippen LogP contribution < -0.4 is 15.9 Å². The Hall–Kier alpha value is -2.14. The number of thiocarbonyl (C=S) groups is 1. The van der Waals surface area contributed by atoms with E-state index in [0.29, 0.717) is 6.61 Å². The van der Waals surface area contributed by atoms with E-state index in [1.54, 1.807) is 6.21 Å². The van der Waals surface area contributed by atoms with E-state index in [0.717, 1.165) is 22.1 Å². The summed E-state index contributed by atoms with van der Waals surface area (Å²) < 4.78 is 5.62. The molecule has 2 aromatic carbocycles. The molecule has 0 fully saturated rings. The minimum absolute atomic E-state index is 0.145. The van der Waals surface area contributed by atoms with Crippen molar-refractivity contribution < 1.29 is 4.74 Å². The van der Waals surface area contributed by atoms with Crippen molar-refractivity contribution in [1.82, 2.24) is 5.43 Å². The molecule has 0 aliphatic heterocycles. The summed E-state index contributed by atoms with van der Waals surface area (Å²) in [7, 11) is 0. The molecule has 0 saturated heterocycles. The number of nitrogens with zero attached hydrogens (tertiary/aromatic N) is 1. The van der Waals surface area contributed by atoms with Gasteiger partial charge in [-0.15, -0.1) is 0 Å². The maximum absolute atomic E-state index is 5.62. The van der Waals surface area contributed by atoms with Gasteiger partial charge in [0.05, 0.1) is 12.8 Å². The highest BCUT2D eigenvalue weighted by atomic mass is 32.1. The van der Waals surface area contributed by atoms with Crippen LogP contribution in [0.2, 0.25) is 0 Å². The van der Waals surface area contributed by atoms with Gasteiger partial charge in [0.15, 0.2) is 5.11 Å². The van der Waals surface area contributed by atoms with Gasteiger partial charge in [-0.25, -0.2) is 0 Å². The van der Waals surface area contributed by atoms with Crippen LogP contribution in [0.15, 0.2) is 41.5 Å². The van der Waals surface area contributed by atoms with Crippen molar-refractivity contribution in [3.63, 3.8) is 0 Å². The van der Waals surface area contributed by atoms with E-state index < -0.39 is 0 Å². The summed E-state index contributed by atoms with van der Waals surface area (Å²) in [5.41, 5.74) is 8.84. The minimum atomic E-state index is 0.145. The van der Waals surface area contributed by atoms with Crippen LogP contribution in [0.3, 0.4) is 0 Å². The lowest BCUT2D eigenvalue weighted by molar-refractivity contribution is 0.344. The maximum atomic E-state index is 5.62. The molecule has 19 heavy (non-hydrogen) atoms. The molecule has 2 rings (SSSR count). The minimum Gasteiger partial charge on any atom is -0.493 e. The van der Waals surface area contributed by atoms with E-state index in [4.69, 9.17) is 22.7 Å². The van der Waals surface area contributed by atoms with Crippen molar-refractivity contribution in [1.29, 1.82) is 0 Å². The van der Waals surface area contributed by atoms with Gasteiger partial charge in [0.25, 0.3) is 0 Å². The van der Waals surface area contributed by atoms with Crippen LogP contribution in [0.1, 0.15) is 12.5 Å². The first-order valence-electron chi connectivity index (χ1n) is 5.95. The van der Waals surface area contributed by atoms with Crippen molar-refractivity contribution in [2.24, 2.45) is 10.8 Å². The third-order valence-corrected chi connectivity index (χ3v) is 2.69. The van der Waals surface area contributed by atoms with Crippen LogP contribution in [-0.2, 0) is 0 Å². The fourth-order valence-electron chi connectivity index (χ4n) is 1.85. The summed E-state index contributed by atoms with van der Waals surface area (Å²) in [5, 5.41) is 6.26. The Morgan fingerprint density at radius 1 is 1.32 bits per heavy atom. The summed E-state index contributed by atoms with van der Waals surface area (Å²) in [6, 6.07) is 11.9. The predicted octanol–water partition coefficient (Wildman–Crippen LogP) is 2.41. The number of nitrogens with one attached hydrogen (secondary N) is 1. The summed E-state index contributed by atoms with van der Waals surface area (Å²) in [5.74, 6) is 0.873. The molecule has 4 nitrogen and oxygen atoms in total. The monoisotopic (exact) mass is 273 g/mol. The number of hydrazone groups is 1. The molecule has 98 valence electrons. The molecule has 0 aromatic heterocycles. The van der Waals surface area contributed by atoms with E-state index in [1.165, 1.54) is 0 Å². The number of ether oxygens (including phenoxy) is 1. The molecular weight excluding hydrogens is 258 g/mol. The molecular formula is C14H15N3OS. The first kappa shape index (κ1) is 13.3. The molecule has 0 heterocycles. The number of benzene rings is 2. The first-order valence-corrected chi connectivity index (χ1v) is 6.36. The Kier molecular flexibility index (Phi) is 4.30. The third-order valence-electron chi connectivity index (χ3n) is 2.60. The predicted molar refractivity (Wildman–Crippen MR) is 82.6 cm³/mol. The quantitative estimate of drug-likeness (QED) is 0.510. The zero-order valence-corrected chi connectivity index (χ0v) is 11.4. The fraction of sp³-hybridized carbons (Fsp3) is 0.143. The molecule has 0 aliphatic rings. The van der Waals surface area contributed by atoms with Crippen LogP contribution in [0.5, 0.6) is 5.75 Å². The number of hydrogen-bond acceptors (Lipinski definition) is 3. The van der Waals surface area contributed by atoms with Gasteiger partial charge in [-0.2, -0.15) is 5.10 Å². The first-order chi connectivity index (χ1) is 9.22. The van der Waals surface area contributed by atoms with Crippen LogP contribution in [0.4, 0.5) is 0 Å². The molecule has 0 saturated carbocycles. The Morgan fingerprint density at radius 2 is 2.05 bits per heavy atom. The fourth-order valence-corrected chi connectivity index (χ4v) is 1.91. The van der Waals surface area contributed by atoms with Gasteiger partial charge < -0.3 is 10.5 Å². The molecule has 2 aromatic rings. The van der Waals surface area contributed by atoms with Gasteiger partial charge in [0.2, 0.25) is 0 Å². The molecule has 0 aliphatic carbocycles. The van der Waals surface area contributed by atoms with Crippen LogP contribution >= 0.6 is 12.2 Å². The second-order valence-corrected chi connectivity index (χ2v) is 4.31. The van der Waals surface area contributed by atoms with Gasteiger partial charge in [0.1, 0.15) is 5.75 Å². The lowest BCUT2D eigenvalue weighted by Gasteiger charge is -2.09. The molecule has 0 radical (unpaired) electrons. The van der Waals surface area contributed by atoms with E-state index >= 15 is 0 Å². The number of rotatable bonds is 4. The van der Waals surface area contributed by atoms with Crippen molar-refractivity contribution in [2.75, 3.05) is 6.61 Å². The van der Waals surface area contributed by atoms with E-state index in [9.17, 15) is 0 Å². The van der Waals surface area contributed by atoms with Crippen LogP contribution in [0, 0.1) is 0 Å². The van der Waals surface area contributed by atoms with Gasteiger partial charge in [-0.3, -0.25) is 5.43 Å². The Labute approximate surface area is 117 Å². The summed E-state index contributed by atoms with van der Waals surface area (Å²) in [6.45, 7) is 2.61. The van der Waals surface area contributed by atoms with Crippen LogP contribution in [0.25, 0.3) is 10.8 Å². The number of nitrogens with two attached hydrogens (primary N) is 1. The van der Waals surface area contributed by atoms with Gasteiger partial charge >= 0.3 is 0 Å². The van der Waals surface area contributed by atoms with E-state index in [1.807, 2.05) is 43.3 Å².